The fraction of sp³-hybridized carbons (Fsp3) is 0.697. The Bertz CT molecular complexity index is 856. The smallest absolute Gasteiger partial charge is 0.463 e. The lowest BCUT2D eigenvalue weighted by Gasteiger charge is -2.15. The second kappa shape index (κ2) is 30.0. The van der Waals surface area contributed by atoms with Crippen LogP contribution in [0.25, 0.3) is 0 Å². The third-order valence-electron chi connectivity index (χ3n) is 6.23. The zero-order valence-electron chi connectivity index (χ0n) is 26.6. The van der Waals surface area contributed by atoms with E-state index in [1.54, 1.807) is 0 Å². The van der Waals surface area contributed by atoms with Crippen LogP contribution in [0.1, 0.15) is 117 Å². The Morgan fingerprint density at radius 3 is 1.88 bits per heavy atom. The van der Waals surface area contributed by atoms with Crippen LogP contribution in [0.5, 0.6) is 0 Å². The summed E-state index contributed by atoms with van der Waals surface area (Å²) in [6.45, 7) is 3.10. The predicted molar refractivity (Wildman–Crippen MR) is 173 cm³/mol. The molecule has 0 spiro atoms. The minimum Gasteiger partial charge on any atom is -0.463 e. The molecule has 0 bridgehead atoms. The van der Waals surface area contributed by atoms with Gasteiger partial charge in [-0.2, -0.15) is 0 Å². The Kier molecular flexibility index (Phi) is 28.6. The van der Waals surface area contributed by atoms with E-state index in [1.807, 2.05) is 6.92 Å². The third kappa shape index (κ3) is 31.2. The molecule has 2 atom stereocenters. The van der Waals surface area contributed by atoms with Crippen molar-refractivity contribution in [1.29, 1.82) is 0 Å². The van der Waals surface area contributed by atoms with Crippen molar-refractivity contribution in [2.75, 3.05) is 26.4 Å². The number of esters is 1. The number of phosphoric acid groups is 1. The van der Waals surface area contributed by atoms with Crippen LogP contribution in [0.3, 0.4) is 0 Å². The molecule has 0 aromatic carbocycles. The van der Waals surface area contributed by atoms with E-state index < -0.39 is 26.5 Å². The molecule has 43 heavy (non-hydrogen) atoms. The normalized spacial score (nSPS) is 14.2. The minimum atomic E-state index is -4.38. The number of unbranched alkanes of at least 4 members (excludes halogenated alkanes) is 8. The molecule has 0 rings (SSSR count). The Balaban J connectivity index is 3.64. The van der Waals surface area contributed by atoms with Crippen LogP contribution in [0.2, 0.25) is 0 Å². The van der Waals surface area contributed by atoms with Gasteiger partial charge >= 0.3 is 13.8 Å². The zero-order chi connectivity index (χ0) is 31.9. The van der Waals surface area contributed by atoms with Gasteiger partial charge in [0.25, 0.3) is 0 Å². The number of nitrogens with one attached hydrogen (secondary N) is 1. The van der Waals surface area contributed by atoms with E-state index in [-0.39, 0.29) is 32.1 Å². The zero-order valence-corrected chi connectivity index (χ0v) is 27.5. The second-order valence-corrected chi connectivity index (χ2v) is 11.9. The standard InChI is InChI=1S/C33H58NO8P/c1-3-5-6-7-8-9-10-11-12-13-14-15-16-17-18-19-20-21-22-23-24-26-33(37)40-29-31(35)30-42-43(38,39)41-28-27-34-32(36)25-4-2/h8-9,11-12,14-15,17-18,31,35H,3-7,10,13,16,19-30H2,1-2H3,(H,34,36)(H,38,39)/b9-8-,12-11-,15-14-,18-17-. The monoisotopic (exact) mass is 627 g/mol. The number of allylic oxidation sites excluding steroid dienone is 8. The molecular formula is C33H58NO8P. The van der Waals surface area contributed by atoms with Crippen molar-refractivity contribution in [1.82, 2.24) is 5.32 Å². The van der Waals surface area contributed by atoms with Crippen molar-refractivity contribution in [3.05, 3.63) is 48.6 Å². The fourth-order valence-electron chi connectivity index (χ4n) is 3.82. The van der Waals surface area contributed by atoms with Gasteiger partial charge in [-0.05, 0) is 57.8 Å². The molecule has 0 saturated carbocycles. The topological polar surface area (TPSA) is 131 Å². The summed E-state index contributed by atoms with van der Waals surface area (Å²) < 4.78 is 26.3. The van der Waals surface area contributed by atoms with Crippen molar-refractivity contribution in [3.8, 4) is 0 Å². The third-order valence-corrected chi connectivity index (χ3v) is 7.22. The van der Waals surface area contributed by atoms with Crippen LogP contribution in [-0.4, -0.2) is 54.3 Å². The van der Waals surface area contributed by atoms with E-state index in [0.717, 1.165) is 51.4 Å². The number of aliphatic hydroxyl groups excluding tert-OH is 1. The van der Waals surface area contributed by atoms with Gasteiger partial charge in [0.1, 0.15) is 12.7 Å². The number of hydrogen-bond donors (Lipinski definition) is 3. The number of amides is 1. The summed E-state index contributed by atoms with van der Waals surface area (Å²) in [5.74, 6) is -0.596. The molecule has 2 unspecified atom stereocenters. The molecule has 0 aliphatic rings. The van der Waals surface area contributed by atoms with Crippen molar-refractivity contribution < 1.29 is 37.9 Å². The van der Waals surface area contributed by atoms with E-state index in [2.05, 4.69) is 60.8 Å². The predicted octanol–water partition coefficient (Wildman–Crippen LogP) is 7.65. The van der Waals surface area contributed by atoms with Gasteiger partial charge in [-0.25, -0.2) is 4.57 Å². The molecule has 0 aliphatic carbocycles. The molecule has 10 heteroatoms. The molecule has 0 aromatic heterocycles. The summed E-state index contributed by atoms with van der Waals surface area (Å²) in [7, 11) is -4.38. The first-order chi connectivity index (χ1) is 20.8. The maximum absolute atomic E-state index is 11.9. The molecule has 9 nitrogen and oxygen atoms in total. The molecule has 0 aliphatic heterocycles. The lowest BCUT2D eigenvalue weighted by atomic mass is 10.1. The summed E-state index contributed by atoms with van der Waals surface area (Å²) in [4.78, 5) is 32.8. The van der Waals surface area contributed by atoms with Crippen LogP contribution in [0.4, 0.5) is 0 Å². The quantitative estimate of drug-likeness (QED) is 0.0334. The Labute approximate surface area is 260 Å². The average molecular weight is 628 g/mol. The molecule has 0 aromatic rings. The van der Waals surface area contributed by atoms with Gasteiger partial charge in [-0.3, -0.25) is 18.6 Å². The number of phosphoric ester groups is 1. The van der Waals surface area contributed by atoms with Gasteiger partial charge < -0.3 is 20.1 Å². The van der Waals surface area contributed by atoms with Gasteiger partial charge in [0.2, 0.25) is 5.91 Å². The number of carbonyl (C=O) groups is 2. The number of aliphatic hydroxyl groups is 1. The van der Waals surface area contributed by atoms with Crippen LogP contribution in [0.15, 0.2) is 48.6 Å². The van der Waals surface area contributed by atoms with E-state index in [4.69, 9.17) is 13.8 Å². The van der Waals surface area contributed by atoms with Crippen molar-refractivity contribution in [2.45, 2.75) is 123 Å². The number of rotatable bonds is 29. The summed E-state index contributed by atoms with van der Waals surface area (Å²) in [6, 6.07) is 0. The molecule has 0 radical (unpaired) electrons. The molecule has 1 amide bonds. The molecule has 0 heterocycles. The first-order valence-electron chi connectivity index (χ1n) is 16.1. The highest BCUT2D eigenvalue weighted by molar-refractivity contribution is 7.47. The SMILES string of the molecule is CCCCC/C=C\C/C=C\C/C=C\C/C=C\CCCCCCCC(=O)OCC(O)COP(=O)(O)OCCNC(=O)CCC. The van der Waals surface area contributed by atoms with E-state index >= 15 is 0 Å². The van der Waals surface area contributed by atoms with Gasteiger partial charge in [0, 0.05) is 19.4 Å². The number of ether oxygens (including phenoxy) is 1. The minimum absolute atomic E-state index is 0.0678. The van der Waals surface area contributed by atoms with E-state index in [0.29, 0.717) is 19.3 Å². The second-order valence-electron chi connectivity index (χ2n) is 10.4. The summed E-state index contributed by atoms with van der Waals surface area (Å²) in [6.07, 6.45) is 31.9. The summed E-state index contributed by atoms with van der Waals surface area (Å²) >= 11 is 0. The van der Waals surface area contributed by atoms with Crippen molar-refractivity contribution in [2.24, 2.45) is 0 Å². The molecule has 248 valence electrons. The van der Waals surface area contributed by atoms with Gasteiger partial charge in [0.05, 0.1) is 13.2 Å². The summed E-state index contributed by atoms with van der Waals surface area (Å²) in [5.41, 5.74) is 0. The molecule has 0 fully saturated rings. The Hall–Kier alpha value is -2.03. The molecular weight excluding hydrogens is 569 g/mol. The maximum atomic E-state index is 11.9. The maximum Gasteiger partial charge on any atom is 0.472 e. The highest BCUT2D eigenvalue weighted by Crippen LogP contribution is 2.42. The van der Waals surface area contributed by atoms with Gasteiger partial charge in [-0.1, -0.05) is 94.6 Å². The molecule has 0 saturated heterocycles. The number of carbonyl (C=O) groups excluding carboxylic acids is 2. The highest BCUT2D eigenvalue weighted by atomic mass is 31.2. The number of hydrogen-bond acceptors (Lipinski definition) is 7. The first-order valence-corrected chi connectivity index (χ1v) is 17.6. The largest absolute Gasteiger partial charge is 0.472 e. The fourth-order valence-corrected chi connectivity index (χ4v) is 4.57. The van der Waals surface area contributed by atoms with Gasteiger partial charge in [-0.15, -0.1) is 0 Å². The highest BCUT2D eigenvalue weighted by Gasteiger charge is 2.23. The average Bonchev–Trinajstić information content (AvgIpc) is 2.98. The summed E-state index contributed by atoms with van der Waals surface area (Å²) in [5, 5.41) is 12.4. The first kappa shape index (κ1) is 41.0. The lowest BCUT2D eigenvalue weighted by molar-refractivity contribution is -0.147. The lowest BCUT2D eigenvalue weighted by Crippen LogP contribution is -2.27. The molecule has 3 N–H and O–H groups in total. The van der Waals surface area contributed by atoms with Crippen LogP contribution < -0.4 is 5.32 Å². The van der Waals surface area contributed by atoms with Crippen LogP contribution in [-0.2, 0) is 27.9 Å². The van der Waals surface area contributed by atoms with Crippen molar-refractivity contribution >= 4 is 19.7 Å². The van der Waals surface area contributed by atoms with E-state index in [9.17, 15) is 24.2 Å². The van der Waals surface area contributed by atoms with E-state index in [1.165, 1.54) is 25.7 Å². The Morgan fingerprint density at radius 2 is 1.28 bits per heavy atom. The van der Waals surface area contributed by atoms with Crippen molar-refractivity contribution in [3.63, 3.8) is 0 Å². The Morgan fingerprint density at radius 1 is 0.721 bits per heavy atom. The van der Waals surface area contributed by atoms with Gasteiger partial charge in [0.15, 0.2) is 0 Å². The van der Waals surface area contributed by atoms with Crippen LogP contribution in [0, 0.1) is 0 Å². The van der Waals surface area contributed by atoms with Crippen LogP contribution >= 0.6 is 7.82 Å².